The average molecular weight is 275 g/mol. The van der Waals surface area contributed by atoms with Gasteiger partial charge in [0.25, 0.3) is 0 Å². The maximum absolute atomic E-state index is 4.33. The summed E-state index contributed by atoms with van der Waals surface area (Å²) in [5.74, 6) is 0.798. The summed E-state index contributed by atoms with van der Waals surface area (Å²) in [6, 6.07) is 18.4. The van der Waals surface area contributed by atoms with E-state index in [-0.39, 0.29) is 0 Å². The van der Waals surface area contributed by atoms with Gasteiger partial charge in [0.1, 0.15) is 12.1 Å². The Balaban J connectivity index is 1.88. The van der Waals surface area contributed by atoms with E-state index in [0.717, 1.165) is 22.8 Å². The van der Waals surface area contributed by atoms with Gasteiger partial charge in [-0.1, -0.05) is 36.4 Å². The van der Waals surface area contributed by atoms with Crippen LogP contribution in [0, 0.1) is 13.8 Å². The van der Waals surface area contributed by atoms with Gasteiger partial charge in [-0.15, -0.1) is 0 Å². The van der Waals surface area contributed by atoms with E-state index in [4.69, 9.17) is 0 Å². The third-order valence-electron chi connectivity index (χ3n) is 3.52. The molecule has 21 heavy (non-hydrogen) atoms. The third-order valence-corrected chi connectivity index (χ3v) is 3.52. The van der Waals surface area contributed by atoms with Crippen molar-refractivity contribution in [2.75, 3.05) is 5.32 Å². The van der Waals surface area contributed by atoms with Gasteiger partial charge in [0.05, 0.1) is 5.69 Å². The smallest absolute Gasteiger partial charge is 0.134 e. The Morgan fingerprint density at radius 1 is 0.810 bits per heavy atom. The van der Waals surface area contributed by atoms with Crippen molar-refractivity contribution < 1.29 is 0 Å². The Bertz CT molecular complexity index is 751. The van der Waals surface area contributed by atoms with Gasteiger partial charge in [0.15, 0.2) is 0 Å². The monoisotopic (exact) mass is 275 g/mol. The maximum atomic E-state index is 4.33. The molecule has 3 aromatic rings. The van der Waals surface area contributed by atoms with E-state index in [1.807, 2.05) is 36.4 Å². The van der Waals surface area contributed by atoms with Crippen molar-refractivity contribution in [3.05, 3.63) is 72.1 Å². The predicted molar refractivity (Wildman–Crippen MR) is 86.7 cm³/mol. The van der Waals surface area contributed by atoms with Gasteiger partial charge in [-0.2, -0.15) is 0 Å². The van der Waals surface area contributed by atoms with Crippen molar-refractivity contribution in [2.24, 2.45) is 0 Å². The molecule has 0 saturated carbocycles. The van der Waals surface area contributed by atoms with Crippen LogP contribution in [0.2, 0.25) is 0 Å². The second kappa shape index (κ2) is 5.75. The zero-order chi connectivity index (χ0) is 14.7. The summed E-state index contributed by atoms with van der Waals surface area (Å²) in [5.41, 5.74) is 5.58. The molecular weight excluding hydrogens is 258 g/mol. The van der Waals surface area contributed by atoms with E-state index >= 15 is 0 Å². The number of hydrogen-bond donors (Lipinski definition) is 1. The molecule has 0 radical (unpaired) electrons. The number of hydrogen-bond acceptors (Lipinski definition) is 3. The van der Waals surface area contributed by atoms with Crippen molar-refractivity contribution in [1.29, 1.82) is 0 Å². The molecule has 0 bridgehead atoms. The molecule has 0 amide bonds. The summed E-state index contributed by atoms with van der Waals surface area (Å²) in [4.78, 5) is 8.62. The van der Waals surface area contributed by atoms with Crippen LogP contribution in [0.5, 0.6) is 0 Å². The minimum atomic E-state index is 0.798. The van der Waals surface area contributed by atoms with Crippen LogP contribution in [0.4, 0.5) is 11.5 Å². The lowest BCUT2D eigenvalue weighted by Crippen LogP contribution is -1.96. The van der Waals surface area contributed by atoms with Gasteiger partial charge in [0.2, 0.25) is 0 Å². The molecule has 3 heteroatoms. The summed E-state index contributed by atoms with van der Waals surface area (Å²) in [6.45, 7) is 4.22. The first kappa shape index (κ1) is 13.3. The molecule has 2 aromatic carbocycles. The standard InChI is InChI=1S/C18H17N3/c1-13-8-9-16(10-14(13)2)21-18-11-17(19-12-20-18)15-6-4-3-5-7-15/h3-12H,1-2H3,(H,19,20,21). The quantitative estimate of drug-likeness (QED) is 0.764. The third kappa shape index (κ3) is 3.08. The van der Waals surface area contributed by atoms with Crippen molar-refractivity contribution in [3.63, 3.8) is 0 Å². The first-order valence-electron chi connectivity index (χ1n) is 6.94. The largest absolute Gasteiger partial charge is 0.340 e. The van der Waals surface area contributed by atoms with Crippen LogP contribution in [-0.2, 0) is 0 Å². The number of anilines is 2. The fourth-order valence-electron chi connectivity index (χ4n) is 2.16. The van der Waals surface area contributed by atoms with Gasteiger partial charge in [-0.25, -0.2) is 9.97 Å². The lowest BCUT2D eigenvalue weighted by molar-refractivity contribution is 1.17. The zero-order valence-electron chi connectivity index (χ0n) is 12.2. The molecule has 0 atom stereocenters. The molecule has 3 rings (SSSR count). The number of aryl methyl sites for hydroxylation is 2. The van der Waals surface area contributed by atoms with Gasteiger partial charge in [0, 0.05) is 17.3 Å². The Kier molecular flexibility index (Phi) is 3.65. The number of benzene rings is 2. The molecule has 3 nitrogen and oxygen atoms in total. The number of aromatic nitrogens is 2. The average Bonchev–Trinajstić information content (AvgIpc) is 2.52. The van der Waals surface area contributed by atoms with E-state index in [0.29, 0.717) is 0 Å². The lowest BCUT2D eigenvalue weighted by Gasteiger charge is -2.09. The van der Waals surface area contributed by atoms with Crippen molar-refractivity contribution in [3.8, 4) is 11.3 Å². The highest BCUT2D eigenvalue weighted by atomic mass is 15.0. The van der Waals surface area contributed by atoms with Crippen LogP contribution in [0.1, 0.15) is 11.1 Å². The first-order valence-corrected chi connectivity index (χ1v) is 6.94. The topological polar surface area (TPSA) is 37.8 Å². The zero-order valence-corrected chi connectivity index (χ0v) is 12.2. The molecule has 0 aliphatic rings. The molecule has 104 valence electrons. The number of nitrogens with zero attached hydrogens (tertiary/aromatic N) is 2. The summed E-state index contributed by atoms with van der Waals surface area (Å²) in [6.07, 6.45) is 1.59. The van der Waals surface area contributed by atoms with E-state index in [9.17, 15) is 0 Å². The second-order valence-electron chi connectivity index (χ2n) is 5.08. The highest BCUT2D eigenvalue weighted by Crippen LogP contribution is 2.22. The second-order valence-corrected chi connectivity index (χ2v) is 5.08. The molecule has 0 unspecified atom stereocenters. The van der Waals surface area contributed by atoms with Crippen molar-refractivity contribution in [1.82, 2.24) is 9.97 Å². The van der Waals surface area contributed by atoms with Crippen LogP contribution >= 0.6 is 0 Å². The fourth-order valence-corrected chi connectivity index (χ4v) is 2.16. The SMILES string of the molecule is Cc1ccc(Nc2cc(-c3ccccc3)ncn2)cc1C. The van der Waals surface area contributed by atoms with Crippen LogP contribution < -0.4 is 5.32 Å². The fraction of sp³-hybridized carbons (Fsp3) is 0.111. The Hall–Kier alpha value is -2.68. The predicted octanol–water partition coefficient (Wildman–Crippen LogP) is 4.50. The summed E-state index contributed by atoms with van der Waals surface area (Å²) < 4.78 is 0. The van der Waals surface area contributed by atoms with E-state index in [1.54, 1.807) is 6.33 Å². The molecule has 1 heterocycles. The molecule has 0 aliphatic carbocycles. The van der Waals surface area contributed by atoms with Crippen molar-refractivity contribution >= 4 is 11.5 Å². The number of rotatable bonds is 3. The van der Waals surface area contributed by atoms with E-state index in [1.165, 1.54) is 11.1 Å². The van der Waals surface area contributed by atoms with E-state index in [2.05, 4.69) is 47.3 Å². The van der Waals surface area contributed by atoms with E-state index < -0.39 is 0 Å². The highest BCUT2D eigenvalue weighted by Gasteiger charge is 2.02. The van der Waals surface area contributed by atoms with Crippen LogP contribution in [0.25, 0.3) is 11.3 Å². The molecular formula is C18H17N3. The van der Waals surface area contributed by atoms with Crippen LogP contribution in [0.15, 0.2) is 60.9 Å². The summed E-state index contributed by atoms with van der Waals surface area (Å²) >= 11 is 0. The molecule has 1 N–H and O–H groups in total. The Morgan fingerprint density at radius 2 is 1.62 bits per heavy atom. The van der Waals surface area contributed by atoms with Gasteiger partial charge in [-0.3, -0.25) is 0 Å². The van der Waals surface area contributed by atoms with Crippen LogP contribution in [0.3, 0.4) is 0 Å². The first-order chi connectivity index (χ1) is 10.2. The maximum Gasteiger partial charge on any atom is 0.134 e. The molecule has 0 spiro atoms. The van der Waals surface area contributed by atoms with Gasteiger partial charge >= 0.3 is 0 Å². The lowest BCUT2D eigenvalue weighted by atomic mass is 10.1. The normalized spacial score (nSPS) is 10.4. The van der Waals surface area contributed by atoms with Gasteiger partial charge in [-0.05, 0) is 37.1 Å². The molecule has 0 fully saturated rings. The Morgan fingerprint density at radius 3 is 2.38 bits per heavy atom. The minimum Gasteiger partial charge on any atom is -0.340 e. The summed E-state index contributed by atoms with van der Waals surface area (Å²) in [5, 5.41) is 3.33. The van der Waals surface area contributed by atoms with Crippen LogP contribution in [-0.4, -0.2) is 9.97 Å². The van der Waals surface area contributed by atoms with Gasteiger partial charge < -0.3 is 5.32 Å². The molecule has 0 aliphatic heterocycles. The molecule has 0 saturated heterocycles. The van der Waals surface area contributed by atoms with Crippen molar-refractivity contribution in [2.45, 2.75) is 13.8 Å². The highest BCUT2D eigenvalue weighted by molar-refractivity contribution is 5.65. The summed E-state index contributed by atoms with van der Waals surface area (Å²) in [7, 11) is 0. The molecule has 1 aromatic heterocycles. The number of nitrogens with one attached hydrogen (secondary N) is 1. The minimum absolute atomic E-state index is 0.798. The Labute approximate surface area is 124 Å².